The van der Waals surface area contributed by atoms with Crippen LogP contribution in [-0.4, -0.2) is 3.76 Å². The molecule has 1 aliphatic heterocycles. The van der Waals surface area contributed by atoms with E-state index in [0.717, 1.165) is 0 Å². The Labute approximate surface area is 61.8 Å². The molecule has 0 aromatic carbocycles. The maximum atomic E-state index is 12.2. The molecule has 3 heteroatoms. The van der Waals surface area contributed by atoms with Crippen molar-refractivity contribution in [2.45, 2.75) is 0 Å². The van der Waals surface area contributed by atoms with E-state index in [9.17, 15) is 4.39 Å². The minimum absolute atomic E-state index is 0.0590. The van der Waals surface area contributed by atoms with Crippen molar-refractivity contribution >= 4 is 36.1 Å². The van der Waals surface area contributed by atoms with Crippen LogP contribution in [0.4, 0.5) is 4.39 Å². The van der Waals surface area contributed by atoms with Crippen LogP contribution in [-0.2, 0) is 0 Å². The van der Waals surface area contributed by atoms with Gasteiger partial charge in [0.1, 0.15) is 0 Å². The SMILES string of the molecule is FC1=IC=CC(Cl)=C1. The van der Waals surface area contributed by atoms with E-state index in [2.05, 4.69) is 0 Å². The lowest BCUT2D eigenvalue weighted by Gasteiger charge is -1.90. The number of allylic oxidation sites excluding steroid dienone is 3. The van der Waals surface area contributed by atoms with Gasteiger partial charge in [-0.05, 0) is 16.2 Å². The Bertz CT molecular complexity index is 178. The Morgan fingerprint density at radius 3 is 2.75 bits per heavy atom. The molecule has 0 atom stereocenters. The Morgan fingerprint density at radius 1 is 1.62 bits per heavy atom. The van der Waals surface area contributed by atoms with E-state index in [-0.39, 0.29) is 3.76 Å². The van der Waals surface area contributed by atoms with E-state index in [1.165, 1.54) is 6.08 Å². The highest BCUT2D eigenvalue weighted by atomic mass is 127. The van der Waals surface area contributed by atoms with Gasteiger partial charge in [0.05, 0.1) is 0 Å². The van der Waals surface area contributed by atoms with Crippen LogP contribution in [0, 0.1) is 0 Å². The van der Waals surface area contributed by atoms with Gasteiger partial charge in [-0.3, -0.25) is 0 Å². The monoisotopic (exact) mass is 244 g/mol. The lowest BCUT2D eigenvalue weighted by molar-refractivity contribution is 0.839. The molecule has 0 unspecified atom stereocenters. The van der Waals surface area contributed by atoms with Crippen LogP contribution in [0.15, 0.2) is 21.3 Å². The van der Waals surface area contributed by atoms with Crippen molar-refractivity contribution in [2.75, 3.05) is 0 Å². The van der Waals surface area contributed by atoms with Gasteiger partial charge in [-0.25, -0.2) is 4.39 Å². The molecule has 8 heavy (non-hydrogen) atoms. The topological polar surface area (TPSA) is 0 Å². The summed E-state index contributed by atoms with van der Waals surface area (Å²) in [6.07, 6.45) is 3.10. The minimum atomic E-state index is -0.467. The first-order chi connectivity index (χ1) is 3.79. The van der Waals surface area contributed by atoms with Gasteiger partial charge in [-0.1, -0.05) is 32.3 Å². The second kappa shape index (κ2) is 2.73. The molecule has 0 aliphatic carbocycles. The predicted molar refractivity (Wildman–Crippen MR) is 43.2 cm³/mol. The lowest BCUT2D eigenvalue weighted by atomic mass is 10.5. The van der Waals surface area contributed by atoms with E-state index in [0.29, 0.717) is 5.03 Å². The quantitative estimate of drug-likeness (QED) is 0.575. The third-order valence-corrected chi connectivity index (χ3v) is 2.50. The van der Waals surface area contributed by atoms with Crippen LogP contribution >= 0.6 is 32.3 Å². The summed E-state index contributed by atoms with van der Waals surface area (Å²) in [6, 6.07) is 0. The molecular weight excluding hydrogens is 241 g/mol. The van der Waals surface area contributed by atoms with Crippen LogP contribution in [0.5, 0.6) is 0 Å². The summed E-state index contributed by atoms with van der Waals surface area (Å²) in [7, 11) is 0. The van der Waals surface area contributed by atoms with Gasteiger partial charge in [0.2, 0.25) is 0 Å². The molecule has 0 bridgehead atoms. The highest BCUT2D eigenvalue weighted by Crippen LogP contribution is 2.17. The Morgan fingerprint density at radius 2 is 2.38 bits per heavy atom. The predicted octanol–water partition coefficient (Wildman–Crippen LogP) is 2.71. The minimum Gasteiger partial charge on any atom is -0.200 e. The van der Waals surface area contributed by atoms with Crippen molar-refractivity contribution in [1.29, 1.82) is 0 Å². The molecule has 0 spiro atoms. The molecule has 0 saturated heterocycles. The maximum absolute atomic E-state index is 12.2. The number of hydrogen-bond acceptors (Lipinski definition) is 0. The average molecular weight is 244 g/mol. The molecule has 0 fully saturated rings. The van der Waals surface area contributed by atoms with E-state index in [4.69, 9.17) is 11.6 Å². The van der Waals surface area contributed by atoms with Crippen LogP contribution in [0.3, 0.4) is 0 Å². The summed E-state index contributed by atoms with van der Waals surface area (Å²) >= 11 is 4.98. The molecule has 0 N–H and O–H groups in total. The molecular formula is C5H3ClFI. The third kappa shape index (κ3) is 1.67. The lowest BCUT2D eigenvalue weighted by Crippen LogP contribution is -1.78. The van der Waals surface area contributed by atoms with Crippen molar-refractivity contribution in [1.82, 2.24) is 0 Å². The van der Waals surface area contributed by atoms with Gasteiger partial charge < -0.3 is 0 Å². The second-order valence-corrected chi connectivity index (χ2v) is 4.03. The average Bonchev–Trinajstić information content (AvgIpc) is 1.64. The molecule has 44 valence electrons. The summed E-state index contributed by atoms with van der Waals surface area (Å²) in [4.78, 5) is 0. The van der Waals surface area contributed by atoms with Crippen molar-refractivity contribution in [3.63, 3.8) is 0 Å². The molecule has 1 aliphatic rings. The molecule has 0 nitrogen and oxygen atoms in total. The molecule has 0 amide bonds. The zero-order valence-electron chi connectivity index (χ0n) is 3.87. The van der Waals surface area contributed by atoms with Gasteiger partial charge in [-0.2, -0.15) is 0 Å². The van der Waals surface area contributed by atoms with E-state index < -0.39 is 20.7 Å². The van der Waals surface area contributed by atoms with Gasteiger partial charge >= 0.3 is 0 Å². The fourth-order valence-electron chi connectivity index (χ4n) is 0.336. The van der Waals surface area contributed by atoms with Crippen LogP contribution < -0.4 is 0 Å². The Hall–Kier alpha value is 0.300. The van der Waals surface area contributed by atoms with Crippen molar-refractivity contribution < 1.29 is 4.39 Å². The fourth-order valence-corrected chi connectivity index (χ4v) is 2.32. The van der Waals surface area contributed by atoms with Crippen molar-refractivity contribution in [3.8, 4) is 0 Å². The Balaban J connectivity index is 2.89. The summed E-state index contributed by atoms with van der Waals surface area (Å²) in [5.41, 5.74) is 0. The van der Waals surface area contributed by atoms with Gasteiger partial charge in [0, 0.05) is 5.03 Å². The normalized spacial score (nSPS) is 18.8. The summed E-state index contributed by atoms with van der Waals surface area (Å²) in [5.74, 6) is 0. The second-order valence-electron chi connectivity index (χ2n) is 1.22. The highest BCUT2D eigenvalue weighted by Gasteiger charge is 1.94. The van der Waals surface area contributed by atoms with Crippen molar-refractivity contribution in [2.24, 2.45) is 0 Å². The number of hydrogen-bond donors (Lipinski definition) is 0. The van der Waals surface area contributed by atoms with Gasteiger partial charge in [0.25, 0.3) is 0 Å². The standard InChI is InChI=1S/C5H3ClFI/c6-4-1-2-8-5(7)3-4/h1-3H. The smallest absolute Gasteiger partial charge is 0.156 e. The number of rotatable bonds is 0. The van der Waals surface area contributed by atoms with Crippen LogP contribution in [0.1, 0.15) is 0 Å². The zero-order valence-corrected chi connectivity index (χ0v) is 6.78. The third-order valence-electron chi connectivity index (χ3n) is 0.636. The molecule has 0 aromatic rings. The number of halogens is 3. The van der Waals surface area contributed by atoms with E-state index in [1.54, 1.807) is 10.2 Å². The first-order valence-electron chi connectivity index (χ1n) is 1.98. The largest absolute Gasteiger partial charge is 0.200 e. The molecule has 1 heterocycles. The summed E-state index contributed by atoms with van der Waals surface area (Å²) in [6.45, 7) is 0. The van der Waals surface area contributed by atoms with Crippen LogP contribution in [0.25, 0.3) is 0 Å². The van der Waals surface area contributed by atoms with Gasteiger partial charge in [-0.15, -0.1) is 0 Å². The molecule has 0 radical (unpaired) electrons. The Kier molecular flexibility index (Phi) is 2.19. The zero-order chi connectivity index (χ0) is 5.98. The van der Waals surface area contributed by atoms with Gasteiger partial charge in [0.15, 0.2) is 3.76 Å². The first kappa shape index (κ1) is 6.42. The molecule has 0 saturated carbocycles. The summed E-state index contributed by atoms with van der Waals surface area (Å²) < 4.78 is 13.9. The van der Waals surface area contributed by atoms with E-state index >= 15 is 0 Å². The van der Waals surface area contributed by atoms with Crippen molar-refractivity contribution in [3.05, 3.63) is 21.3 Å². The molecule has 0 aromatic heterocycles. The first-order valence-corrected chi connectivity index (χ1v) is 4.69. The van der Waals surface area contributed by atoms with E-state index in [1.807, 2.05) is 0 Å². The summed E-state index contributed by atoms with van der Waals surface area (Å²) in [5, 5.41) is 0.494. The maximum Gasteiger partial charge on any atom is 0.156 e. The highest BCUT2D eigenvalue weighted by molar-refractivity contribution is 14.2. The fraction of sp³-hybridized carbons (Fsp3) is 0. The van der Waals surface area contributed by atoms with Crippen LogP contribution in [0.2, 0.25) is 0 Å². The molecule has 1 rings (SSSR count).